The largest absolute Gasteiger partial charge is 0.394 e. The summed E-state index contributed by atoms with van der Waals surface area (Å²) in [6.07, 6.45) is 5.39. The van der Waals surface area contributed by atoms with E-state index >= 15 is 9.59 Å². The Bertz CT molecular complexity index is 1520. The third-order valence-electron chi connectivity index (χ3n) is 10.8. The van der Waals surface area contributed by atoms with Crippen molar-refractivity contribution in [2.24, 2.45) is 23.2 Å². The molecule has 3 unspecified atom stereocenters. The standard InChI is InChI=1S/C41H55N3O4S/c1-9-21-42(25-30-19-15-12-16-20-30)36(46)33-32-23-28(3)41(49-32)34(33)37(47)44(31(26-45)24-29-17-13-11-14-18-29)35(41)38(48)43(22-10-2)40(7,8)27-39(4,5)6/h9-20,28,31-35,45H,1-2,21-27H2,3-8H3/t28?,31-,32-,33+,34+,35?,41?/m1/s1. The van der Waals surface area contributed by atoms with Crippen LogP contribution in [-0.2, 0) is 27.3 Å². The summed E-state index contributed by atoms with van der Waals surface area (Å²) >= 11 is 1.68. The van der Waals surface area contributed by atoms with E-state index in [2.05, 4.69) is 54.7 Å². The molecule has 3 saturated heterocycles. The first kappa shape index (κ1) is 36.9. The summed E-state index contributed by atoms with van der Waals surface area (Å²) < 4.78 is -0.812. The molecule has 49 heavy (non-hydrogen) atoms. The van der Waals surface area contributed by atoms with Gasteiger partial charge in [-0.2, -0.15) is 0 Å². The molecule has 3 heterocycles. The summed E-state index contributed by atoms with van der Waals surface area (Å²) in [6.45, 7) is 21.6. The molecule has 7 nitrogen and oxygen atoms in total. The molecule has 3 aliphatic rings. The molecule has 2 aromatic rings. The summed E-state index contributed by atoms with van der Waals surface area (Å²) in [7, 11) is 0. The zero-order valence-electron chi connectivity index (χ0n) is 30.2. The Morgan fingerprint density at radius 1 is 0.980 bits per heavy atom. The third-order valence-corrected chi connectivity index (χ3v) is 12.8. The van der Waals surface area contributed by atoms with Crippen molar-refractivity contribution in [3.05, 3.63) is 97.1 Å². The van der Waals surface area contributed by atoms with Gasteiger partial charge in [-0.3, -0.25) is 14.4 Å². The first-order valence-electron chi connectivity index (χ1n) is 17.7. The second kappa shape index (κ2) is 14.5. The van der Waals surface area contributed by atoms with Gasteiger partial charge in [0.2, 0.25) is 17.7 Å². The minimum atomic E-state index is -0.838. The van der Waals surface area contributed by atoms with E-state index in [1.165, 1.54) is 0 Å². The van der Waals surface area contributed by atoms with Crippen LogP contribution in [0.15, 0.2) is 86.0 Å². The van der Waals surface area contributed by atoms with Crippen molar-refractivity contribution in [3.63, 3.8) is 0 Å². The monoisotopic (exact) mass is 685 g/mol. The number of benzene rings is 2. The Labute approximate surface area is 297 Å². The number of carbonyl (C=O) groups is 3. The van der Waals surface area contributed by atoms with Gasteiger partial charge in [0.25, 0.3) is 0 Å². The Balaban J connectivity index is 1.62. The highest BCUT2D eigenvalue weighted by Crippen LogP contribution is 2.69. The minimum Gasteiger partial charge on any atom is -0.394 e. The van der Waals surface area contributed by atoms with E-state index in [0.29, 0.717) is 26.1 Å². The molecule has 1 N–H and O–H groups in total. The molecule has 2 aromatic carbocycles. The first-order valence-corrected chi connectivity index (χ1v) is 18.6. The average Bonchev–Trinajstić information content (AvgIpc) is 3.65. The molecule has 264 valence electrons. The van der Waals surface area contributed by atoms with Crippen LogP contribution in [0.4, 0.5) is 0 Å². The fourth-order valence-corrected chi connectivity index (χ4v) is 11.7. The SMILES string of the molecule is C=CCN(Cc1ccccc1)C(=O)[C@@H]1[C@H]2C(=O)N([C@@H](CO)Cc3ccccc3)C(C(=O)N(CC=C)C(C)(C)CC(C)(C)C)C23S[C@@H]1CC3C. The molecule has 1 spiro atoms. The maximum absolute atomic E-state index is 15.4. The normalized spacial score (nSPS) is 26.7. The molecule has 0 aliphatic carbocycles. The van der Waals surface area contributed by atoms with E-state index in [1.807, 2.05) is 70.5 Å². The first-order chi connectivity index (χ1) is 23.2. The van der Waals surface area contributed by atoms with Gasteiger partial charge in [0.05, 0.1) is 29.2 Å². The van der Waals surface area contributed by atoms with E-state index in [-0.39, 0.29) is 40.9 Å². The van der Waals surface area contributed by atoms with Crippen LogP contribution < -0.4 is 0 Å². The fourth-order valence-electron chi connectivity index (χ4n) is 9.26. The molecule has 8 heteroatoms. The summed E-state index contributed by atoms with van der Waals surface area (Å²) in [4.78, 5) is 50.7. The molecule has 3 fully saturated rings. The number of carbonyl (C=O) groups excluding carboxylic acids is 3. The summed E-state index contributed by atoms with van der Waals surface area (Å²) in [5.41, 5.74) is 1.38. The van der Waals surface area contributed by atoms with Crippen molar-refractivity contribution in [1.82, 2.24) is 14.7 Å². The molecule has 2 bridgehead atoms. The highest BCUT2D eigenvalue weighted by atomic mass is 32.2. The lowest BCUT2D eigenvalue weighted by Gasteiger charge is -2.47. The van der Waals surface area contributed by atoms with Crippen molar-refractivity contribution in [2.75, 3.05) is 19.7 Å². The Hall–Kier alpha value is -3.36. The molecule has 3 aliphatic heterocycles. The number of fused-ring (bicyclic) bond motifs is 1. The van der Waals surface area contributed by atoms with E-state index in [4.69, 9.17) is 0 Å². The second-order valence-corrected chi connectivity index (χ2v) is 17.7. The lowest BCUT2D eigenvalue weighted by atomic mass is 9.65. The zero-order valence-corrected chi connectivity index (χ0v) is 31.0. The van der Waals surface area contributed by atoms with Crippen LogP contribution in [0.2, 0.25) is 0 Å². The summed E-state index contributed by atoms with van der Waals surface area (Å²) in [5, 5.41) is 10.9. The molecule has 3 amide bonds. The van der Waals surface area contributed by atoms with Gasteiger partial charge in [-0.1, -0.05) is 101 Å². The molecule has 0 saturated carbocycles. The lowest BCUT2D eigenvalue weighted by Crippen LogP contribution is -2.63. The van der Waals surface area contributed by atoms with Crippen LogP contribution in [-0.4, -0.2) is 84.8 Å². The maximum atomic E-state index is 15.4. The molecular weight excluding hydrogens is 631 g/mol. The topological polar surface area (TPSA) is 81.2 Å². The molecule has 5 rings (SSSR count). The maximum Gasteiger partial charge on any atom is 0.247 e. The van der Waals surface area contributed by atoms with Gasteiger partial charge < -0.3 is 19.8 Å². The molecular formula is C41H55N3O4S. The van der Waals surface area contributed by atoms with Crippen molar-refractivity contribution in [2.45, 2.75) is 95.0 Å². The van der Waals surface area contributed by atoms with E-state index in [1.54, 1.807) is 28.8 Å². The number of aliphatic hydroxyl groups excluding tert-OH is 1. The minimum absolute atomic E-state index is 0.00815. The van der Waals surface area contributed by atoms with Gasteiger partial charge in [-0.25, -0.2) is 0 Å². The van der Waals surface area contributed by atoms with E-state index in [9.17, 15) is 9.90 Å². The predicted octanol–water partition coefficient (Wildman–Crippen LogP) is 6.37. The summed E-state index contributed by atoms with van der Waals surface area (Å²) in [5.74, 6) is -1.65. The Morgan fingerprint density at radius 2 is 1.57 bits per heavy atom. The molecule has 0 aromatic heterocycles. The smallest absolute Gasteiger partial charge is 0.247 e. The highest BCUT2D eigenvalue weighted by molar-refractivity contribution is 8.02. The van der Waals surface area contributed by atoms with Gasteiger partial charge >= 0.3 is 0 Å². The van der Waals surface area contributed by atoms with Crippen LogP contribution in [0.3, 0.4) is 0 Å². The fraction of sp³-hybridized carbons (Fsp3) is 0.537. The zero-order chi connectivity index (χ0) is 35.7. The number of nitrogens with zero attached hydrogens (tertiary/aromatic N) is 3. The van der Waals surface area contributed by atoms with Gasteiger partial charge in [0, 0.05) is 30.4 Å². The van der Waals surface area contributed by atoms with E-state index < -0.39 is 34.2 Å². The number of likely N-dealkylation sites (tertiary alicyclic amines) is 1. The van der Waals surface area contributed by atoms with Crippen molar-refractivity contribution in [1.29, 1.82) is 0 Å². The molecule has 7 atom stereocenters. The van der Waals surface area contributed by atoms with Crippen molar-refractivity contribution < 1.29 is 19.5 Å². The number of hydrogen-bond acceptors (Lipinski definition) is 5. The number of thioether (sulfide) groups is 1. The summed E-state index contributed by atoms with van der Waals surface area (Å²) in [6, 6.07) is 18.2. The van der Waals surface area contributed by atoms with Crippen LogP contribution in [0.25, 0.3) is 0 Å². The Kier molecular flexibility index (Phi) is 10.9. The van der Waals surface area contributed by atoms with Crippen molar-refractivity contribution >= 4 is 29.5 Å². The van der Waals surface area contributed by atoms with Gasteiger partial charge in [-0.05, 0) is 55.6 Å². The van der Waals surface area contributed by atoms with Gasteiger partial charge in [-0.15, -0.1) is 24.9 Å². The molecule has 0 radical (unpaired) electrons. The van der Waals surface area contributed by atoms with Gasteiger partial charge in [0.15, 0.2) is 0 Å². The Morgan fingerprint density at radius 3 is 2.12 bits per heavy atom. The third kappa shape index (κ3) is 7.01. The number of hydrogen-bond donors (Lipinski definition) is 1. The lowest BCUT2D eigenvalue weighted by molar-refractivity contribution is -0.149. The highest BCUT2D eigenvalue weighted by Gasteiger charge is 2.77. The number of amides is 3. The predicted molar refractivity (Wildman–Crippen MR) is 199 cm³/mol. The van der Waals surface area contributed by atoms with Crippen LogP contribution >= 0.6 is 11.8 Å². The van der Waals surface area contributed by atoms with Crippen LogP contribution in [0.5, 0.6) is 0 Å². The number of rotatable bonds is 14. The van der Waals surface area contributed by atoms with E-state index in [0.717, 1.165) is 24.0 Å². The number of aliphatic hydroxyl groups is 1. The van der Waals surface area contributed by atoms with Gasteiger partial charge in [0.1, 0.15) is 6.04 Å². The van der Waals surface area contributed by atoms with Crippen LogP contribution in [0, 0.1) is 23.2 Å². The second-order valence-electron chi connectivity index (χ2n) is 16.1. The van der Waals surface area contributed by atoms with Crippen molar-refractivity contribution in [3.8, 4) is 0 Å². The van der Waals surface area contributed by atoms with Crippen LogP contribution in [0.1, 0.15) is 65.5 Å². The average molecular weight is 686 g/mol. The quantitative estimate of drug-likeness (QED) is 0.234.